The summed E-state index contributed by atoms with van der Waals surface area (Å²) in [5.74, 6) is 0.973. The third-order valence-electron chi connectivity index (χ3n) is 5.30. The van der Waals surface area contributed by atoms with Gasteiger partial charge in [-0.3, -0.25) is 9.69 Å². The molecule has 1 aromatic carbocycles. The fourth-order valence-corrected chi connectivity index (χ4v) is 3.69. The van der Waals surface area contributed by atoms with Gasteiger partial charge in [0.05, 0.1) is 25.7 Å². The lowest BCUT2D eigenvalue weighted by molar-refractivity contribution is -0.130. The van der Waals surface area contributed by atoms with Gasteiger partial charge in [0, 0.05) is 25.2 Å². The van der Waals surface area contributed by atoms with Gasteiger partial charge in [0.25, 0.3) is 0 Å². The van der Waals surface area contributed by atoms with Gasteiger partial charge in [0.2, 0.25) is 5.91 Å². The number of carbonyl (C=O) groups is 1. The molecule has 0 atom stereocenters. The first-order valence-electron chi connectivity index (χ1n) is 8.98. The molecule has 5 heteroatoms. The smallest absolute Gasteiger partial charge is 0.230 e. The van der Waals surface area contributed by atoms with Crippen LogP contribution in [-0.4, -0.2) is 57.3 Å². The molecule has 1 saturated carbocycles. The van der Waals surface area contributed by atoms with E-state index in [4.69, 9.17) is 9.47 Å². The maximum Gasteiger partial charge on any atom is 0.230 e. The number of para-hydroxylation sites is 1. The van der Waals surface area contributed by atoms with Crippen molar-refractivity contribution in [3.05, 3.63) is 29.8 Å². The minimum Gasteiger partial charge on any atom is -0.496 e. The number of hydrogen-bond acceptors (Lipinski definition) is 4. The topological polar surface area (TPSA) is 50.8 Å². The quantitative estimate of drug-likeness (QED) is 0.776. The normalized spacial score (nSPS) is 20.2. The van der Waals surface area contributed by atoms with Gasteiger partial charge < -0.3 is 14.8 Å². The van der Waals surface area contributed by atoms with Gasteiger partial charge in [-0.15, -0.1) is 0 Å². The van der Waals surface area contributed by atoms with Crippen molar-refractivity contribution in [1.82, 2.24) is 10.2 Å². The first-order chi connectivity index (χ1) is 11.8. The van der Waals surface area contributed by atoms with E-state index in [-0.39, 0.29) is 5.91 Å². The lowest BCUT2D eigenvalue weighted by Crippen LogP contribution is -2.50. The molecule has 3 rings (SSSR count). The average molecular weight is 332 g/mol. The van der Waals surface area contributed by atoms with Crippen LogP contribution in [0, 0.1) is 0 Å². The van der Waals surface area contributed by atoms with E-state index in [1.165, 1.54) is 0 Å². The highest BCUT2D eigenvalue weighted by Gasteiger charge is 2.47. The summed E-state index contributed by atoms with van der Waals surface area (Å²) < 4.78 is 10.8. The third kappa shape index (κ3) is 3.57. The zero-order valence-electron chi connectivity index (χ0n) is 14.6. The van der Waals surface area contributed by atoms with Gasteiger partial charge in [0.15, 0.2) is 0 Å². The van der Waals surface area contributed by atoms with Crippen LogP contribution in [0.5, 0.6) is 5.75 Å². The molecule has 5 nitrogen and oxygen atoms in total. The van der Waals surface area contributed by atoms with E-state index in [0.29, 0.717) is 0 Å². The Morgan fingerprint density at radius 1 is 1.29 bits per heavy atom. The molecule has 1 amide bonds. The number of methoxy groups -OCH3 is 1. The summed E-state index contributed by atoms with van der Waals surface area (Å²) >= 11 is 0. The molecule has 1 aliphatic carbocycles. The van der Waals surface area contributed by atoms with E-state index in [2.05, 4.69) is 10.2 Å². The first kappa shape index (κ1) is 17.2. The van der Waals surface area contributed by atoms with Gasteiger partial charge in [-0.05, 0) is 31.9 Å². The maximum absolute atomic E-state index is 12.9. The van der Waals surface area contributed by atoms with Gasteiger partial charge >= 0.3 is 0 Å². The molecule has 0 unspecified atom stereocenters. The standard InChI is InChI=1S/C19H28N2O3/c1-23-17-7-3-2-6-16(17)19(8-4-9-19)18(22)20-10-5-11-21-12-14-24-15-13-21/h2-3,6-7H,4-5,8-15H2,1H3,(H,20,22). The molecular weight excluding hydrogens is 304 g/mol. The molecule has 1 heterocycles. The number of morpholine rings is 1. The number of nitrogens with one attached hydrogen (secondary N) is 1. The maximum atomic E-state index is 12.9. The number of rotatable bonds is 7. The largest absolute Gasteiger partial charge is 0.496 e. The fraction of sp³-hybridized carbons (Fsp3) is 0.632. The summed E-state index contributed by atoms with van der Waals surface area (Å²) in [6.45, 7) is 5.39. The molecule has 1 aromatic rings. The number of benzene rings is 1. The lowest BCUT2D eigenvalue weighted by Gasteiger charge is -2.41. The molecule has 0 aromatic heterocycles. The van der Waals surface area contributed by atoms with Crippen molar-refractivity contribution >= 4 is 5.91 Å². The van der Waals surface area contributed by atoms with Crippen molar-refractivity contribution in [2.75, 3.05) is 46.5 Å². The Bertz CT molecular complexity index is 551. The monoisotopic (exact) mass is 332 g/mol. The predicted molar refractivity (Wildman–Crippen MR) is 93.4 cm³/mol. The SMILES string of the molecule is COc1ccccc1C1(C(=O)NCCCN2CCOCC2)CCC1. The van der Waals surface area contributed by atoms with E-state index in [1.54, 1.807) is 7.11 Å². The highest BCUT2D eigenvalue weighted by atomic mass is 16.5. The molecule has 0 bridgehead atoms. The minimum atomic E-state index is -0.397. The Morgan fingerprint density at radius 3 is 2.71 bits per heavy atom. The zero-order valence-corrected chi connectivity index (χ0v) is 14.6. The Labute approximate surface area is 144 Å². The molecule has 1 saturated heterocycles. The Kier molecular flexibility index (Phi) is 5.74. The second kappa shape index (κ2) is 7.99. The van der Waals surface area contributed by atoms with Crippen LogP contribution in [0.4, 0.5) is 0 Å². The minimum absolute atomic E-state index is 0.153. The van der Waals surface area contributed by atoms with E-state index in [0.717, 1.165) is 76.4 Å². The van der Waals surface area contributed by atoms with Crippen molar-refractivity contribution in [2.24, 2.45) is 0 Å². The van der Waals surface area contributed by atoms with Crippen molar-refractivity contribution in [1.29, 1.82) is 0 Å². The Hall–Kier alpha value is -1.59. The highest BCUT2D eigenvalue weighted by Crippen LogP contribution is 2.47. The van der Waals surface area contributed by atoms with Gasteiger partial charge in [0.1, 0.15) is 5.75 Å². The molecular formula is C19H28N2O3. The highest BCUT2D eigenvalue weighted by molar-refractivity contribution is 5.90. The molecule has 0 spiro atoms. The number of hydrogen-bond donors (Lipinski definition) is 1. The third-order valence-corrected chi connectivity index (χ3v) is 5.30. The molecule has 1 aliphatic heterocycles. The van der Waals surface area contributed by atoms with Crippen molar-refractivity contribution in [3.63, 3.8) is 0 Å². The molecule has 24 heavy (non-hydrogen) atoms. The summed E-state index contributed by atoms with van der Waals surface area (Å²) in [6.07, 6.45) is 3.89. The Morgan fingerprint density at radius 2 is 2.04 bits per heavy atom. The fourth-order valence-electron chi connectivity index (χ4n) is 3.69. The van der Waals surface area contributed by atoms with E-state index < -0.39 is 5.41 Å². The van der Waals surface area contributed by atoms with Crippen molar-refractivity contribution in [2.45, 2.75) is 31.1 Å². The first-order valence-corrected chi connectivity index (χ1v) is 8.98. The summed E-state index contributed by atoms with van der Waals surface area (Å²) in [5.41, 5.74) is 0.635. The predicted octanol–water partition coefficient (Wildman–Crippen LogP) is 1.96. The number of ether oxygens (including phenoxy) is 2. The number of nitrogens with zero attached hydrogens (tertiary/aromatic N) is 1. The van der Waals surface area contributed by atoms with E-state index in [9.17, 15) is 4.79 Å². The molecule has 2 aliphatic rings. The number of carbonyl (C=O) groups excluding carboxylic acids is 1. The summed E-state index contributed by atoms with van der Waals surface area (Å²) in [4.78, 5) is 15.3. The van der Waals surface area contributed by atoms with Gasteiger partial charge in [-0.25, -0.2) is 0 Å². The second-order valence-electron chi connectivity index (χ2n) is 6.70. The van der Waals surface area contributed by atoms with E-state index >= 15 is 0 Å². The van der Waals surface area contributed by atoms with Crippen LogP contribution in [0.25, 0.3) is 0 Å². The van der Waals surface area contributed by atoms with Crippen molar-refractivity contribution < 1.29 is 14.3 Å². The lowest BCUT2D eigenvalue weighted by atomic mass is 9.63. The molecule has 0 radical (unpaired) electrons. The van der Waals surface area contributed by atoms with Gasteiger partial charge in [-0.2, -0.15) is 0 Å². The van der Waals surface area contributed by atoms with Crippen LogP contribution in [0.15, 0.2) is 24.3 Å². The van der Waals surface area contributed by atoms with Crippen LogP contribution < -0.4 is 10.1 Å². The summed E-state index contributed by atoms with van der Waals surface area (Å²) in [7, 11) is 1.67. The van der Waals surface area contributed by atoms with E-state index in [1.807, 2.05) is 24.3 Å². The molecule has 2 fully saturated rings. The number of amides is 1. The van der Waals surface area contributed by atoms with Crippen LogP contribution >= 0.6 is 0 Å². The van der Waals surface area contributed by atoms with Crippen molar-refractivity contribution in [3.8, 4) is 5.75 Å². The Balaban J connectivity index is 1.54. The second-order valence-corrected chi connectivity index (χ2v) is 6.70. The molecule has 132 valence electrons. The molecule has 1 N–H and O–H groups in total. The van der Waals surface area contributed by atoms with Crippen LogP contribution in [0.1, 0.15) is 31.2 Å². The van der Waals surface area contributed by atoms with Crippen LogP contribution in [0.2, 0.25) is 0 Å². The van der Waals surface area contributed by atoms with Gasteiger partial charge in [-0.1, -0.05) is 24.6 Å². The average Bonchev–Trinajstić information content (AvgIpc) is 2.59. The summed E-state index contributed by atoms with van der Waals surface area (Å²) in [6, 6.07) is 7.92. The van der Waals surface area contributed by atoms with Crippen LogP contribution in [0.3, 0.4) is 0 Å². The summed E-state index contributed by atoms with van der Waals surface area (Å²) in [5, 5.41) is 3.16. The zero-order chi connectivity index (χ0) is 16.8. The van der Waals surface area contributed by atoms with Crippen LogP contribution in [-0.2, 0) is 14.9 Å².